The number of thioether (sulfide) groups is 1. The molecule has 0 fully saturated rings. The molecule has 0 bridgehead atoms. The van der Waals surface area contributed by atoms with Crippen LogP contribution in [0.15, 0.2) is 66.1 Å². The van der Waals surface area contributed by atoms with Crippen LogP contribution in [-0.2, 0) is 0 Å². The van der Waals surface area contributed by atoms with Gasteiger partial charge < -0.3 is 5.32 Å². The molecule has 0 radical (unpaired) electrons. The molecule has 2 nitrogen and oxygen atoms in total. The van der Waals surface area contributed by atoms with Crippen LogP contribution in [-0.4, -0.2) is 11.7 Å². The largest absolute Gasteiger partial charge is 0.319 e. The lowest BCUT2D eigenvalue weighted by molar-refractivity contribution is 0.102. The lowest BCUT2D eigenvalue weighted by Gasteiger charge is -2.09. The molecule has 2 aromatic carbocycles. The smallest absolute Gasteiger partial charge is 0.256 e. The van der Waals surface area contributed by atoms with Crippen molar-refractivity contribution < 1.29 is 9.18 Å². The lowest BCUT2D eigenvalue weighted by atomic mass is 10.2. The third kappa shape index (κ3) is 3.48. The van der Waals surface area contributed by atoms with Gasteiger partial charge in [-0.05, 0) is 24.3 Å². The van der Waals surface area contributed by atoms with Crippen molar-refractivity contribution in [2.24, 2.45) is 0 Å². The first-order valence-corrected chi connectivity index (χ1v) is 7.09. The Bertz CT molecular complexity index is 627. The Kier molecular flexibility index (Phi) is 4.96. The fourth-order valence-electron chi connectivity index (χ4n) is 1.68. The lowest BCUT2D eigenvalue weighted by Crippen LogP contribution is -2.14. The van der Waals surface area contributed by atoms with Crippen molar-refractivity contribution in [3.8, 4) is 0 Å². The number of rotatable bonds is 5. The van der Waals surface area contributed by atoms with E-state index in [2.05, 4.69) is 11.9 Å². The van der Waals surface area contributed by atoms with Crippen molar-refractivity contribution in [2.45, 2.75) is 4.90 Å². The predicted molar refractivity (Wildman–Crippen MR) is 81.7 cm³/mol. The van der Waals surface area contributed by atoms with E-state index >= 15 is 0 Å². The summed E-state index contributed by atoms with van der Waals surface area (Å²) in [6.07, 6.45) is 1.77. The first kappa shape index (κ1) is 14.3. The number of halogens is 1. The molecule has 0 saturated heterocycles. The second kappa shape index (κ2) is 6.91. The summed E-state index contributed by atoms with van der Waals surface area (Å²) in [7, 11) is 0. The van der Waals surface area contributed by atoms with Gasteiger partial charge in [0.05, 0.1) is 11.3 Å². The molecular formula is C16H14FNOS. The van der Waals surface area contributed by atoms with Gasteiger partial charge in [-0.3, -0.25) is 4.79 Å². The Morgan fingerprint density at radius 2 is 1.90 bits per heavy atom. The van der Waals surface area contributed by atoms with E-state index in [-0.39, 0.29) is 11.6 Å². The minimum atomic E-state index is -0.447. The number of anilines is 1. The van der Waals surface area contributed by atoms with Crippen LogP contribution in [0.25, 0.3) is 0 Å². The number of carbonyl (C=O) groups is 1. The monoisotopic (exact) mass is 287 g/mol. The molecule has 0 aliphatic heterocycles. The number of hydrogen-bond acceptors (Lipinski definition) is 2. The van der Waals surface area contributed by atoms with Crippen molar-refractivity contribution in [1.29, 1.82) is 0 Å². The third-order valence-electron chi connectivity index (χ3n) is 2.61. The van der Waals surface area contributed by atoms with Gasteiger partial charge in [-0.2, -0.15) is 0 Å². The van der Waals surface area contributed by atoms with Gasteiger partial charge in [0, 0.05) is 10.6 Å². The highest BCUT2D eigenvalue weighted by atomic mass is 32.2. The molecule has 4 heteroatoms. The number of amides is 1. The van der Waals surface area contributed by atoms with Crippen molar-refractivity contribution in [2.75, 3.05) is 11.1 Å². The fraction of sp³-hybridized carbons (Fsp3) is 0.0625. The van der Waals surface area contributed by atoms with Gasteiger partial charge in [-0.1, -0.05) is 30.3 Å². The molecule has 0 aliphatic rings. The quantitative estimate of drug-likeness (QED) is 0.654. The Hall–Kier alpha value is -2.07. The van der Waals surface area contributed by atoms with E-state index in [1.165, 1.54) is 23.9 Å². The summed E-state index contributed by atoms with van der Waals surface area (Å²) < 4.78 is 13.5. The number of benzene rings is 2. The second-order valence-corrected chi connectivity index (χ2v) is 5.09. The SMILES string of the molecule is C=CCSc1ccccc1C(=O)Nc1ccccc1F. The van der Waals surface area contributed by atoms with Crippen LogP contribution in [0, 0.1) is 5.82 Å². The van der Waals surface area contributed by atoms with Crippen LogP contribution < -0.4 is 5.32 Å². The van der Waals surface area contributed by atoms with Gasteiger partial charge >= 0.3 is 0 Å². The third-order valence-corrected chi connectivity index (χ3v) is 3.68. The van der Waals surface area contributed by atoms with Gasteiger partial charge in [0.15, 0.2) is 0 Å². The summed E-state index contributed by atoms with van der Waals surface area (Å²) in [5.41, 5.74) is 0.712. The van der Waals surface area contributed by atoms with Crippen LogP contribution in [0.2, 0.25) is 0 Å². The van der Waals surface area contributed by atoms with Crippen LogP contribution >= 0.6 is 11.8 Å². The zero-order chi connectivity index (χ0) is 14.4. The zero-order valence-electron chi connectivity index (χ0n) is 10.8. The molecule has 20 heavy (non-hydrogen) atoms. The number of nitrogens with one attached hydrogen (secondary N) is 1. The van der Waals surface area contributed by atoms with Crippen molar-refractivity contribution in [1.82, 2.24) is 0 Å². The highest BCUT2D eigenvalue weighted by Gasteiger charge is 2.12. The minimum Gasteiger partial charge on any atom is -0.319 e. The highest BCUT2D eigenvalue weighted by molar-refractivity contribution is 7.99. The number of hydrogen-bond donors (Lipinski definition) is 1. The summed E-state index contributed by atoms with van der Waals surface area (Å²) in [5, 5.41) is 2.59. The topological polar surface area (TPSA) is 29.1 Å². The molecule has 0 aliphatic carbocycles. The molecule has 0 unspecified atom stereocenters. The maximum atomic E-state index is 13.5. The maximum absolute atomic E-state index is 13.5. The van der Waals surface area contributed by atoms with Gasteiger partial charge in [0.25, 0.3) is 5.91 Å². The normalized spacial score (nSPS) is 10.1. The molecule has 0 saturated carbocycles. The first-order chi connectivity index (χ1) is 9.72. The van der Waals surface area contributed by atoms with Crippen molar-refractivity contribution in [3.05, 3.63) is 72.6 Å². The molecule has 0 spiro atoms. The van der Waals surface area contributed by atoms with E-state index in [4.69, 9.17) is 0 Å². The second-order valence-electron chi connectivity index (χ2n) is 4.03. The van der Waals surface area contributed by atoms with E-state index in [1.807, 2.05) is 12.1 Å². The van der Waals surface area contributed by atoms with Crippen LogP contribution in [0.3, 0.4) is 0 Å². The standard InChI is InChI=1S/C16H14FNOS/c1-2-11-20-15-10-6-3-7-12(15)16(19)18-14-9-5-4-8-13(14)17/h2-10H,1,11H2,(H,18,19). The van der Waals surface area contributed by atoms with Crippen LogP contribution in [0.1, 0.15) is 10.4 Å². The molecule has 0 atom stereocenters. The molecule has 102 valence electrons. The summed E-state index contributed by atoms with van der Waals surface area (Å²) in [4.78, 5) is 13.1. The van der Waals surface area contributed by atoms with Gasteiger partial charge in [0.1, 0.15) is 5.82 Å². The molecular weight excluding hydrogens is 273 g/mol. The van der Waals surface area contributed by atoms with E-state index in [0.717, 1.165) is 4.90 Å². The maximum Gasteiger partial charge on any atom is 0.256 e. The minimum absolute atomic E-state index is 0.182. The Labute approximate surface area is 121 Å². The molecule has 1 amide bonds. The summed E-state index contributed by atoms with van der Waals surface area (Å²) in [5.74, 6) is -0.0522. The van der Waals surface area contributed by atoms with E-state index in [1.54, 1.807) is 30.3 Å². The summed E-state index contributed by atoms with van der Waals surface area (Å²) in [6, 6.07) is 13.3. The van der Waals surface area contributed by atoms with Gasteiger partial charge in [-0.25, -0.2) is 4.39 Å². The first-order valence-electron chi connectivity index (χ1n) is 6.11. The zero-order valence-corrected chi connectivity index (χ0v) is 11.6. The molecule has 2 rings (SSSR count). The van der Waals surface area contributed by atoms with E-state index in [0.29, 0.717) is 11.3 Å². The summed E-state index contributed by atoms with van der Waals surface area (Å²) >= 11 is 1.52. The van der Waals surface area contributed by atoms with Crippen molar-refractivity contribution >= 4 is 23.4 Å². The van der Waals surface area contributed by atoms with Crippen LogP contribution in [0.4, 0.5) is 10.1 Å². The highest BCUT2D eigenvalue weighted by Crippen LogP contribution is 2.24. The number of carbonyl (C=O) groups excluding carboxylic acids is 1. The van der Waals surface area contributed by atoms with Crippen LogP contribution in [0.5, 0.6) is 0 Å². The van der Waals surface area contributed by atoms with Gasteiger partial charge in [-0.15, -0.1) is 18.3 Å². The Balaban J connectivity index is 2.21. The Morgan fingerprint density at radius 1 is 1.20 bits per heavy atom. The molecule has 0 heterocycles. The molecule has 1 N–H and O–H groups in total. The predicted octanol–water partition coefficient (Wildman–Crippen LogP) is 4.36. The Morgan fingerprint density at radius 3 is 2.65 bits per heavy atom. The molecule has 2 aromatic rings. The fourth-order valence-corrected chi connectivity index (χ4v) is 2.47. The average molecular weight is 287 g/mol. The van der Waals surface area contributed by atoms with Crippen molar-refractivity contribution in [3.63, 3.8) is 0 Å². The molecule has 0 aromatic heterocycles. The van der Waals surface area contributed by atoms with E-state index in [9.17, 15) is 9.18 Å². The summed E-state index contributed by atoms with van der Waals surface area (Å²) in [6.45, 7) is 3.66. The van der Waals surface area contributed by atoms with Gasteiger partial charge in [0.2, 0.25) is 0 Å². The van der Waals surface area contributed by atoms with E-state index < -0.39 is 5.82 Å². The average Bonchev–Trinajstić information content (AvgIpc) is 2.47. The number of para-hydroxylation sites is 1.